The van der Waals surface area contributed by atoms with Crippen molar-refractivity contribution in [2.24, 2.45) is 82.8 Å². The minimum absolute atomic E-state index is 0.0594. The van der Waals surface area contributed by atoms with Crippen LogP contribution in [-0.2, 0) is 0 Å². The van der Waals surface area contributed by atoms with E-state index in [1.165, 1.54) is 31.3 Å². The molecule has 0 saturated carbocycles. The Bertz CT molecular complexity index is 3950. The molecule has 12 rings (SSSR count). The zero-order valence-corrected chi connectivity index (χ0v) is 62.2. The van der Waals surface area contributed by atoms with Gasteiger partial charge in [0, 0.05) is 89.2 Å². The van der Waals surface area contributed by atoms with Gasteiger partial charge in [0.1, 0.15) is 37.0 Å². The lowest BCUT2D eigenvalue weighted by Crippen LogP contribution is -2.48. The predicted molar refractivity (Wildman–Crippen MR) is 415 cm³/mol. The summed E-state index contributed by atoms with van der Waals surface area (Å²) in [7, 11) is 11.7. The van der Waals surface area contributed by atoms with Gasteiger partial charge in [0.05, 0.1) is 34.1 Å². The topological polar surface area (TPSA) is 386 Å². The molecule has 0 fully saturated rings. The molecular formula is C60H90N30S6. The molecule has 6 aromatic heterocycles. The number of anilines is 6. The first-order valence-corrected chi connectivity index (χ1v) is 35.7. The Balaban J connectivity index is 0.000000163. The van der Waals surface area contributed by atoms with E-state index in [9.17, 15) is 0 Å². The molecule has 18 N–H and O–H groups in total. The number of nitrogens with zero attached hydrogens (tertiary/aromatic N) is 16. The standard InChI is InChI=1S/2C11H17N5S.2C10H15N5S.2C9H13N5S/c1-7-5-17-6-9(7)14-10-12-8(2)13-11(15-10)16(3)4;1-7-5-9(6-17-7)14-10-12-8(2)13-11(15-10)16(3)4;1-6-4-16-5-8(6)15(3)10-13-7(2)12-9(11)14-10;1-6-4-8(5-16-6)15(3)10-13-7(2)12-9(11)14-10;1-5-3-15-4-7(5)13-9-12-6(2)11-8(10)14-9;1-5-3-7(4-15-5)13-9-12-6(2)11-8(10)14-9/h2*5-6,8H,1-4H3,(H2,12,13,14,15);2*4-5,7H,1-3H3,(H3,11,12,13,14);2*3-4,6H,1-2H3,(H4,10,11,12,13,14). The average Bonchev–Trinajstić information content (AvgIpc) is 1.54. The summed E-state index contributed by atoms with van der Waals surface area (Å²) in [5, 5.41) is 49.6. The number of thiophene rings is 6. The van der Waals surface area contributed by atoms with Crippen LogP contribution in [0.25, 0.3) is 0 Å². The van der Waals surface area contributed by atoms with E-state index in [1.807, 2.05) is 121 Å². The molecule has 96 heavy (non-hydrogen) atoms. The molecule has 12 heterocycles. The number of nitrogens with two attached hydrogens (primary N) is 4. The molecule has 0 aliphatic carbocycles. The van der Waals surface area contributed by atoms with Crippen LogP contribution in [0.15, 0.2) is 127 Å². The van der Waals surface area contributed by atoms with Gasteiger partial charge in [0.25, 0.3) is 0 Å². The summed E-state index contributed by atoms with van der Waals surface area (Å²) in [6.07, 6.45) is -0.636. The zero-order chi connectivity index (χ0) is 69.9. The molecule has 0 saturated heterocycles. The summed E-state index contributed by atoms with van der Waals surface area (Å²) >= 11 is 10.1. The minimum atomic E-state index is -0.132. The van der Waals surface area contributed by atoms with Crippen molar-refractivity contribution in [3.63, 3.8) is 0 Å². The molecule has 30 nitrogen and oxygen atoms in total. The Morgan fingerprint density at radius 1 is 0.344 bits per heavy atom. The van der Waals surface area contributed by atoms with Crippen molar-refractivity contribution < 1.29 is 0 Å². The highest BCUT2D eigenvalue weighted by atomic mass is 32.1. The second kappa shape index (κ2) is 34.9. The highest BCUT2D eigenvalue weighted by Gasteiger charge is 2.21. The highest BCUT2D eigenvalue weighted by molar-refractivity contribution is 7.11. The third-order valence-electron chi connectivity index (χ3n) is 13.2. The van der Waals surface area contributed by atoms with Crippen LogP contribution < -0.4 is 85.9 Å². The second-order valence-electron chi connectivity index (χ2n) is 22.4. The largest absolute Gasteiger partial charge is 0.370 e. The van der Waals surface area contributed by atoms with E-state index in [-0.39, 0.29) is 37.0 Å². The first-order chi connectivity index (χ1) is 45.5. The van der Waals surface area contributed by atoms with Crippen molar-refractivity contribution in [3.05, 3.63) is 97.9 Å². The van der Waals surface area contributed by atoms with Crippen molar-refractivity contribution in [1.82, 2.24) is 41.7 Å². The minimum Gasteiger partial charge on any atom is -0.370 e. The Morgan fingerprint density at radius 2 is 0.677 bits per heavy atom. The van der Waals surface area contributed by atoms with E-state index in [2.05, 4.69) is 204 Å². The fourth-order valence-corrected chi connectivity index (χ4v) is 13.0. The van der Waals surface area contributed by atoms with Gasteiger partial charge in [-0.2, -0.15) is 0 Å². The van der Waals surface area contributed by atoms with Crippen LogP contribution in [0.5, 0.6) is 0 Å². The molecular weight excluding hydrogens is 1330 g/mol. The Morgan fingerprint density at radius 3 is 1.02 bits per heavy atom. The van der Waals surface area contributed by atoms with E-state index >= 15 is 0 Å². The summed E-state index contributed by atoms with van der Waals surface area (Å²) in [5.41, 5.74) is 32.7. The van der Waals surface area contributed by atoms with Crippen molar-refractivity contribution in [2.45, 2.75) is 120 Å². The van der Waals surface area contributed by atoms with Gasteiger partial charge in [0.15, 0.2) is 23.8 Å². The molecule has 36 heteroatoms. The van der Waals surface area contributed by atoms with E-state index in [0.29, 0.717) is 35.8 Å². The van der Waals surface area contributed by atoms with Crippen molar-refractivity contribution >= 4 is 174 Å². The summed E-state index contributed by atoms with van der Waals surface area (Å²) < 4.78 is 0. The molecule has 6 unspecified atom stereocenters. The Hall–Kier alpha value is -9.36. The fraction of sp³-hybridized carbons (Fsp3) is 0.400. The Labute approximate surface area is 585 Å². The molecule has 0 aromatic carbocycles. The molecule has 6 aliphatic heterocycles. The maximum Gasteiger partial charge on any atom is 0.207 e. The van der Waals surface area contributed by atoms with Crippen molar-refractivity contribution in [3.8, 4) is 0 Å². The number of nitrogens with one attached hydrogen (secondary N) is 10. The third kappa shape index (κ3) is 23.2. The maximum absolute atomic E-state index is 5.68. The Kier molecular flexibility index (Phi) is 26.9. The van der Waals surface area contributed by atoms with E-state index in [4.69, 9.17) is 22.9 Å². The number of rotatable bonds is 6. The highest BCUT2D eigenvalue weighted by Crippen LogP contribution is 2.26. The van der Waals surface area contributed by atoms with Gasteiger partial charge in [-0.05, 0) is 134 Å². The fourth-order valence-electron chi connectivity index (χ4n) is 8.62. The zero-order valence-electron chi connectivity index (χ0n) is 57.3. The maximum atomic E-state index is 5.68. The second-order valence-corrected chi connectivity index (χ2v) is 28.0. The third-order valence-corrected chi connectivity index (χ3v) is 18.4. The summed E-state index contributed by atoms with van der Waals surface area (Å²) in [6.45, 7) is 23.9. The number of hydrogen-bond acceptors (Lipinski definition) is 36. The van der Waals surface area contributed by atoms with Crippen LogP contribution in [0, 0.1) is 41.5 Å². The van der Waals surface area contributed by atoms with Crippen LogP contribution in [0.2, 0.25) is 0 Å². The summed E-state index contributed by atoms with van der Waals surface area (Å²) in [5.74, 6) is 7.52. The number of aliphatic imine (C=N–C) groups is 12. The van der Waals surface area contributed by atoms with Crippen LogP contribution in [-0.4, -0.2) is 161 Å². The van der Waals surface area contributed by atoms with Crippen LogP contribution >= 0.6 is 68.0 Å². The van der Waals surface area contributed by atoms with Crippen molar-refractivity contribution in [1.29, 1.82) is 0 Å². The van der Waals surface area contributed by atoms with E-state index < -0.39 is 0 Å². The van der Waals surface area contributed by atoms with Crippen molar-refractivity contribution in [2.75, 3.05) is 73.4 Å². The lowest BCUT2D eigenvalue weighted by atomic mass is 10.3. The molecule has 516 valence electrons. The number of guanidine groups is 12. The first kappa shape index (κ1) is 74.0. The number of hydrogen-bond donors (Lipinski definition) is 14. The predicted octanol–water partition coefficient (Wildman–Crippen LogP) is 7.78. The lowest BCUT2D eigenvalue weighted by Gasteiger charge is -2.25. The van der Waals surface area contributed by atoms with Gasteiger partial charge >= 0.3 is 0 Å². The normalized spacial score (nSPS) is 19.7. The molecule has 0 bridgehead atoms. The molecule has 0 amide bonds. The molecule has 6 atom stereocenters. The smallest absolute Gasteiger partial charge is 0.207 e. The van der Waals surface area contributed by atoms with Crippen LogP contribution in [0.3, 0.4) is 0 Å². The monoisotopic (exact) mass is 1420 g/mol. The van der Waals surface area contributed by atoms with Crippen LogP contribution in [0.1, 0.15) is 72.9 Å². The first-order valence-electron chi connectivity index (χ1n) is 30.2. The van der Waals surface area contributed by atoms with Gasteiger partial charge < -0.3 is 63.8 Å². The quantitative estimate of drug-likeness (QED) is 0.0756. The molecule has 6 aromatic rings. The van der Waals surface area contributed by atoms with Gasteiger partial charge in [-0.15, -0.1) is 68.0 Å². The molecule has 0 radical (unpaired) electrons. The van der Waals surface area contributed by atoms with Crippen LogP contribution in [0.4, 0.5) is 34.1 Å². The van der Waals surface area contributed by atoms with E-state index in [1.54, 1.807) is 68.0 Å². The summed E-state index contributed by atoms with van der Waals surface area (Å²) in [6, 6.07) is 6.27. The van der Waals surface area contributed by atoms with Gasteiger partial charge in [-0.1, -0.05) is 0 Å². The van der Waals surface area contributed by atoms with Gasteiger partial charge in [0.2, 0.25) is 47.7 Å². The SMILES string of the molecule is Cc1cc(N(C)C2=NC(C)N=C(N)N2)cs1.Cc1cc(NC2=NC(C)N=C(N(C)C)N2)cs1.Cc1cc(NC2=NC(C)N=C(N)N2)cs1.Cc1cscc1N(C)C1=NC(C)N=C(N)N1.Cc1cscc1NC1=NC(C)N=C(N(C)C)N1.Cc1cscc1NC1=NC(C)N=C(N)N1. The molecule has 0 spiro atoms. The van der Waals surface area contributed by atoms with Gasteiger partial charge in [-0.3, -0.25) is 31.9 Å². The molecule has 6 aliphatic rings. The van der Waals surface area contributed by atoms with Gasteiger partial charge in [-0.25, -0.2) is 59.9 Å². The number of aryl methyl sites for hydroxylation is 6. The lowest BCUT2D eigenvalue weighted by molar-refractivity contribution is 0.582. The average molecular weight is 1420 g/mol. The summed E-state index contributed by atoms with van der Waals surface area (Å²) in [4.78, 5) is 62.8. The van der Waals surface area contributed by atoms with E-state index in [0.717, 1.165) is 69.9 Å².